The Morgan fingerprint density at radius 3 is 2.63 bits per heavy atom. The Hall–Kier alpha value is -3.65. The highest BCUT2D eigenvalue weighted by Gasteiger charge is 2.18. The van der Waals surface area contributed by atoms with Crippen LogP contribution in [0.2, 0.25) is 5.02 Å². The molecule has 0 unspecified atom stereocenters. The van der Waals surface area contributed by atoms with Gasteiger partial charge < -0.3 is 14.6 Å². The number of nitrogens with zero attached hydrogens (tertiary/aromatic N) is 4. The first-order valence-electron chi connectivity index (χ1n) is 9.23. The number of benzene rings is 2. The molecule has 0 aliphatic heterocycles. The molecular formula is C21H19ClN6O2. The molecule has 1 amide bonds. The number of rotatable bonds is 7. The summed E-state index contributed by atoms with van der Waals surface area (Å²) in [5.41, 5.74) is 2.24. The standard InChI is InChI=1S/C21H19ClN6O2/c1-30-19-9-8-16(12-17(19)21-24-26-27-25-21)23-20(29)13-18(28-10-2-3-11-28)14-4-6-15(22)7-5-14/h2-12,18H,13H2,1H3,(H,23,29)(H,24,25,26,27)/t18-/m0/s1. The molecule has 8 nitrogen and oxygen atoms in total. The van der Waals surface area contributed by atoms with E-state index in [1.165, 1.54) is 0 Å². The molecule has 0 fully saturated rings. The maximum atomic E-state index is 12.9. The lowest BCUT2D eigenvalue weighted by Crippen LogP contribution is -2.19. The van der Waals surface area contributed by atoms with E-state index in [1.807, 2.05) is 53.4 Å². The van der Waals surface area contributed by atoms with Crippen molar-refractivity contribution >= 4 is 23.2 Å². The molecular weight excluding hydrogens is 404 g/mol. The predicted octanol–water partition coefficient (Wildman–Crippen LogP) is 3.95. The summed E-state index contributed by atoms with van der Waals surface area (Å²) >= 11 is 6.02. The molecule has 0 aliphatic carbocycles. The van der Waals surface area contributed by atoms with E-state index in [-0.39, 0.29) is 18.4 Å². The molecule has 2 aromatic carbocycles. The zero-order chi connectivity index (χ0) is 20.9. The van der Waals surface area contributed by atoms with Crippen molar-refractivity contribution in [3.8, 4) is 17.1 Å². The van der Waals surface area contributed by atoms with Gasteiger partial charge in [0.1, 0.15) is 5.75 Å². The first-order chi connectivity index (χ1) is 14.6. The van der Waals surface area contributed by atoms with Crippen LogP contribution in [-0.4, -0.2) is 38.2 Å². The van der Waals surface area contributed by atoms with Crippen molar-refractivity contribution in [2.75, 3.05) is 12.4 Å². The van der Waals surface area contributed by atoms with Gasteiger partial charge in [-0.25, -0.2) is 0 Å². The fourth-order valence-electron chi connectivity index (χ4n) is 3.26. The first kappa shape index (κ1) is 19.7. The number of hydrogen-bond donors (Lipinski definition) is 2. The van der Waals surface area contributed by atoms with Gasteiger partial charge in [-0.05, 0) is 53.2 Å². The number of hydrogen-bond acceptors (Lipinski definition) is 5. The van der Waals surface area contributed by atoms with Gasteiger partial charge in [-0.2, -0.15) is 5.21 Å². The van der Waals surface area contributed by atoms with E-state index in [0.29, 0.717) is 27.8 Å². The van der Waals surface area contributed by atoms with E-state index in [9.17, 15) is 4.79 Å². The Morgan fingerprint density at radius 1 is 1.20 bits per heavy atom. The van der Waals surface area contributed by atoms with Gasteiger partial charge in [0.2, 0.25) is 11.7 Å². The van der Waals surface area contributed by atoms with Gasteiger partial charge in [-0.15, -0.1) is 10.2 Å². The molecule has 0 saturated carbocycles. The summed E-state index contributed by atoms with van der Waals surface area (Å²) in [6.07, 6.45) is 4.13. The Kier molecular flexibility index (Phi) is 5.76. The summed E-state index contributed by atoms with van der Waals surface area (Å²) < 4.78 is 7.36. The van der Waals surface area contributed by atoms with Crippen molar-refractivity contribution in [3.63, 3.8) is 0 Å². The lowest BCUT2D eigenvalue weighted by molar-refractivity contribution is -0.116. The van der Waals surface area contributed by atoms with E-state index >= 15 is 0 Å². The first-order valence-corrected chi connectivity index (χ1v) is 9.61. The Bertz CT molecular complexity index is 1110. The SMILES string of the molecule is COc1ccc(NC(=O)C[C@@H](c2ccc(Cl)cc2)n2cccc2)cc1-c1nn[nH]n1. The maximum absolute atomic E-state index is 12.9. The highest BCUT2D eigenvalue weighted by Crippen LogP contribution is 2.30. The number of ether oxygens (including phenoxy) is 1. The third-order valence-corrected chi connectivity index (χ3v) is 4.94. The number of halogens is 1. The van der Waals surface area contributed by atoms with E-state index in [4.69, 9.17) is 16.3 Å². The zero-order valence-corrected chi connectivity index (χ0v) is 16.9. The third kappa shape index (κ3) is 4.33. The van der Waals surface area contributed by atoms with Crippen molar-refractivity contribution in [2.45, 2.75) is 12.5 Å². The van der Waals surface area contributed by atoms with Gasteiger partial charge in [0.15, 0.2) is 0 Å². The fourth-order valence-corrected chi connectivity index (χ4v) is 3.39. The number of methoxy groups -OCH3 is 1. The fraction of sp³-hybridized carbons (Fsp3) is 0.143. The topological polar surface area (TPSA) is 97.7 Å². The van der Waals surface area contributed by atoms with Gasteiger partial charge in [-0.1, -0.05) is 23.7 Å². The number of tetrazole rings is 1. The van der Waals surface area contributed by atoms with Crippen molar-refractivity contribution < 1.29 is 9.53 Å². The van der Waals surface area contributed by atoms with Crippen LogP contribution in [0.4, 0.5) is 5.69 Å². The highest BCUT2D eigenvalue weighted by atomic mass is 35.5. The summed E-state index contributed by atoms with van der Waals surface area (Å²) in [5, 5.41) is 17.6. The smallest absolute Gasteiger partial charge is 0.226 e. The minimum absolute atomic E-state index is 0.132. The summed E-state index contributed by atoms with van der Waals surface area (Å²) in [6, 6.07) is 16.5. The monoisotopic (exact) mass is 422 g/mol. The average Bonchev–Trinajstić information content (AvgIpc) is 3.47. The van der Waals surface area contributed by atoms with Crippen LogP contribution in [0.1, 0.15) is 18.0 Å². The maximum Gasteiger partial charge on any atom is 0.226 e. The van der Waals surface area contributed by atoms with Gasteiger partial charge in [0.25, 0.3) is 0 Å². The van der Waals surface area contributed by atoms with Gasteiger partial charge >= 0.3 is 0 Å². The van der Waals surface area contributed by atoms with Gasteiger partial charge in [0.05, 0.1) is 25.1 Å². The number of aromatic nitrogens is 5. The number of nitrogens with one attached hydrogen (secondary N) is 2. The van der Waals surface area contributed by atoms with Crippen LogP contribution < -0.4 is 10.1 Å². The minimum Gasteiger partial charge on any atom is -0.496 e. The lowest BCUT2D eigenvalue weighted by atomic mass is 10.0. The van der Waals surface area contributed by atoms with Crippen molar-refractivity contribution in [3.05, 3.63) is 77.6 Å². The molecule has 0 aliphatic rings. The minimum atomic E-state index is -0.160. The van der Waals surface area contributed by atoms with E-state index in [2.05, 4.69) is 25.9 Å². The van der Waals surface area contributed by atoms with Crippen molar-refractivity contribution in [1.29, 1.82) is 0 Å². The molecule has 0 radical (unpaired) electrons. The van der Waals surface area contributed by atoms with Crippen LogP contribution in [0, 0.1) is 0 Å². The molecule has 152 valence electrons. The van der Waals surface area contributed by atoms with Gasteiger partial charge in [0, 0.05) is 23.1 Å². The Balaban J connectivity index is 1.55. The predicted molar refractivity (Wildman–Crippen MR) is 113 cm³/mol. The number of carbonyl (C=O) groups is 1. The van der Waals surface area contributed by atoms with Crippen LogP contribution in [0.5, 0.6) is 5.75 Å². The third-order valence-electron chi connectivity index (χ3n) is 4.69. The molecule has 2 aromatic heterocycles. The second-order valence-corrected chi connectivity index (χ2v) is 7.04. The Labute approximate surface area is 177 Å². The normalized spacial score (nSPS) is 11.8. The number of carbonyl (C=O) groups excluding carboxylic acids is 1. The molecule has 4 aromatic rings. The van der Waals surface area contributed by atoms with Crippen LogP contribution >= 0.6 is 11.6 Å². The van der Waals surface area contributed by atoms with Crippen LogP contribution in [-0.2, 0) is 4.79 Å². The summed E-state index contributed by atoms with van der Waals surface area (Å²) in [4.78, 5) is 12.9. The zero-order valence-electron chi connectivity index (χ0n) is 16.1. The molecule has 0 spiro atoms. The molecule has 2 N–H and O–H groups in total. The molecule has 9 heteroatoms. The molecule has 1 atom stereocenters. The number of H-pyrrole nitrogens is 1. The highest BCUT2D eigenvalue weighted by molar-refractivity contribution is 6.30. The number of aromatic amines is 1. The molecule has 0 saturated heterocycles. The molecule has 30 heavy (non-hydrogen) atoms. The largest absolute Gasteiger partial charge is 0.496 e. The van der Waals surface area contributed by atoms with E-state index in [0.717, 1.165) is 5.56 Å². The molecule has 2 heterocycles. The van der Waals surface area contributed by atoms with E-state index in [1.54, 1.807) is 25.3 Å². The lowest BCUT2D eigenvalue weighted by Gasteiger charge is -2.19. The van der Waals surface area contributed by atoms with Crippen molar-refractivity contribution in [2.24, 2.45) is 0 Å². The van der Waals surface area contributed by atoms with Crippen LogP contribution in [0.25, 0.3) is 11.4 Å². The van der Waals surface area contributed by atoms with Crippen LogP contribution in [0.15, 0.2) is 67.0 Å². The molecule has 0 bridgehead atoms. The molecule has 4 rings (SSSR count). The average molecular weight is 423 g/mol. The second-order valence-electron chi connectivity index (χ2n) is 6.60. The number of amides is 1. The quantitative estimate of drug-likeness (QED) is 0.470. The second kappa shape index (κ2) is 8.79. The summed E-state index contributed by atoms with van der Waals surface area (Å²) in [7, 11) is 1.56. The summed E-state index contributed by atoms with van der Waals surface area (Å²) in [5.74, 6) is 0.836. The van der Waals surface area contributed by atoms with Crippen LogP contribution in [0.3, 0.4) is 0 Å². The number of anilines is 1. The summed E-state index contributed by atoms with van der Waals surface area (Å²) in [6.45, 7) is 0. The van der Waals surface area contributed by atoms with Crippen molar-refractivity contribution in [1.82, 2.24) is 25.2 Å². The van der Waals surface area contributed by atoms with Gasteiger partial charge in [-0.3, -0.25) is 4.79 Å². The van der Waals surface area contributed by atoms with E-state index < -0.39 is 0 Å². The Morgan fingerprint density at radius 2 is 1.97 bits per heavy atom.